The fourth-order valence-corrected chi connectivity index (χ4v) is 4.05. The van der Waals surface area contributed by atoms with Crippen LogP contribution in [0.5, 0.6) is 23.1 Å². The molecule has 0 saturated carbocycles. The van der Waals surface area contributed by atoms with Crippen molar-refractivity contribution in [3.05, 3.63) is 66.5 Å². The van der Waals surface area contributed by atoms with Crippen LogP contribution in [-0.4, -0.2) is 49.7 Å². The highest BCUT2D eigenvalue weighted by atomic mass is 16.5. The van der Waals surface area contributed by atoms with Gasteiger partial charge in [0, 0.05) is 31.6 Å². The fraction of sp³-hybridized carbons (Fsp3) is 0.346. The van der Waals surface area contributed by atoms with Gasteiger partial charge in [-0.3, -0.25) is 4.79 Å². The van der Waals surface area contributed by atoms with Crippen LogP contribution in [0, 0.1) is 5.92 Å². The standard InChI is InChI=1S/C26H30N4O4/c1-32-22-9-8-19(16-23(22)33-2)10-13-27-26(31)20-11-14-30(15-12-20)24-17-25(29-18-28-24)34-21-6-4-3-5-7-21/h3-9,16-18,20H,10-15H2,1-2H3,(H,27,31). The van der Waals surface area contributed by atoms with E-state index in [4.69, 9.17) is 14.2 Å². The highest BCUT2D eigenvalue weighted by Gasteiger charge is 2.25. The number of hydrogen-bond donors (Lipinski definition) is 1. The number of nitrogens with one attached hydrogen (secondary N) is 1. The molecule has 0 atom stereocenters. The third-order valence-corrected chi connectivity index (χ3v) is 5.94. The number of nitrogens with zero attached hydrogens (tertiary/aromatic N) is 3. The minimum absolute atomic E-state index is 0.00327. The molecule has 4 rings (SSSR count). The number of carbonyl (C=O) groups is 1. The zero-order valence-corrected chi connectivity index (χ0v) is 19.6. The average Bonchev–Trinajstić information content (AvgIpc) is 2.89. The van der Waals surface area contributed by atoms with Crippen LogP contribution in [0.3, 0.4) is 0 Å². The SMILES string of the molecule is COc1ccc(CCNC(=O)C2CCN(c3cc(Oc4ccccc4)ncn3)CC2)cc1OC. The first kappa shape index (κ1) is 23.4. The van der Waals surface area contributed by atoms with Crippen molar-refractivity contribution >= 4 is 11.7 Å². The lowest BCUT2D eigenvalue weighted by Crippen LogP contribution is -2.41. The van der Waals surface area contributed by atoms with Crippen molar-refractivity contribution in [1.82, 2.24) is 15.3 Å². The van der Waals surface area contributed by atoms with E-state index >= 15 is 0 Å². The van der Waals surface area contributed by atoms with E-state index in [1.54, 1.807) is 14.2 Å². The lowest BCUT2D eigenvalue weighted by atomic mass is 9.96. The molecule has 0 spiro atoms. The Morgan fingerprint density at radius 2 is 1.76 bits per heavy atom. The van der Waals surface area contributed by atoms with E-state index in [0.29, 0.717) is 23.9 Å². The van der Waals surface area contributed by atoms with Crippen molar-refractivity contribution in [1.29, 1.82) is 0 Å². The van der Waals surface area contributed by atoms with Crippen LogP contribution in [0.1, 0.15) is 18.4 Å². The summed E-state index contributed by atoms with van der Waals surface area (Å²) in [5, 5.41) is 3.08. The maximum Gasteiger partial charge on any atom is 0.224 e. The number of hydrogen-bond acceptors (Lipinski definition) is 7. The molecule has 1 fully saturated rings. The van der Waals surface area contributed by atoms with Gasteiger partial charge in [0.05, 0.1) is 14.2 Å². The predicted octanol–water partition coefficient (Wildman–Crippen LogP) is 3.86. The molecule has 0 unspecified atom stereocenters. The summed E-state index contributed by atoms with van der Waals surface area (Å²) in [7, 11) is 3.24. The van der Waals surface area contributed by atoms with Gasteiger partial charge in [0.15, 0.2) is 11.5 Å². The number of ether oxygens (including phenoxy) is 3. The highest BCUT2D eigenvalue weighted by Crippen LogP contribution is 2.28. The second-order valence-corrected chi connectivity index (χ2v) is 8.12. The molecule has 0 aliphatic carbocycles. The van der Waals surface area contributed by atoms with Crippen molar-refractivity contribution in [3.63, 3.8) is 0 Å². The predicted molar refractivity (Wildman–Crippen MR) is 130 cm³/mol. The van der Waals surface area contributed by atoms with E-state index in [1.807, 2.05) is 54.6 Å². The number of para-hydroxylation sites is 1. The van der Waals surface area contributed by atoms with Crippen LogP contribution in [0.25, 0.3) is 0 Å². The molecule has 1 saturated heterocycles. The molecular weight excluding hydrogens is 432 g/mol. The number of rotatable bonds is 9. The molecule has 0 radical (unpaired) electrons. The van der Waals surface area contributed by atoms with Gasteiger partial charge in [-0.05, 0) is 49.1 Å². The van der Waals surface area contributed by atoms with Crippen LogP contribution in [-0.2, 0) is 11.2 Å². The van der Waals surface area contributed by atoms with Crippen molar-refractivity contribution in [2.45, 2.75) is 19.3 Å². The highest BCUT2D eigenvalue weighted by molar-refractivity contribution is 5.79. The molecule has 2 heterocycles. The second-order valence-electron chi connectivity index (χ2n) is 8.12. The lowest BCUT2D eigenvalue weighted by Gasteiger charge is -2.32. The van der Waals surface area contributed by atoms with Crippen LogP contribution in [0.2, 0.25) is 0 Å². The van der Waals surface area contributed by atoms with Crippen LogP contribution < -0.4 is 24.4 Å². The number of anilines is 1. The van der Waals surface area contributed by atoms with Gasteiger partial charge < -0.3 is 24.4 Å². The first-order chi connectivity index (χ1) is 16.7. The maximum atomic E-state index is 12.7. The Labute approximate surface area is 199 Å². The van der Waals surface area contributed by atoms with E-state index < -0.39 is 0 Å². The van der Waals surface area contributed by atoms with Crippen molar-refractivity contribution in [3.8, 4) is 23.1 Å². The monoisotopic (exact) mass is 462 g/mol. The number of piperidine rings is 1. The molecule has 1 aromatic heterocycles. The third kappa shape index (κ3) is 5.95. The number of amides is 1. The largest absolute Gasteiger partial charge is 0.493 e. The topological polar surface area (TPSA) is 85.8 Å². The Balaban J connectivity index is 1.24. The van der Waals surface area contributed by atoms with Gasteiger partial charge in [-0.15, -0.1) is 0 Å². The molecule has 3 aromatic rings. The lowest BCUT2D eigenvalue weighted by molar-refractivity contribution is -0.125. The third-order valence-electron chi connectivity index (χ3n) is 5.94. The fourth-order valence-electron chi connectivity index (χ4n) is 4.05. The Morgan fingerprint density at radius 3 is 2.50 bits per heavy atom. The Bertz CT molecular complexity index is 1090. The molecule has 178 valence electrons. The zero-order valence-electron chi connectivity index (χ0n) is 19.6. The van der Waals surface area contributed by atoms with Crippen LogP contribution >= 0.6 is 0 Å². The zero-order chi connectivity index (χ0) is 23.8. The van der Waals surface area contributed by atoms with Crippen LogP contribution in [0.15, 0.2) is 60.9 Å². The Kier molecular flexibility index (Phi) is 7.80. The summed E-state index contributed by atoms with van der Waals surface area (Å²) in [6.45, 7) is 2.10. The van der Waals surface area contributed by atoms with Gasteiger partial charge >= 0.3 is 0 Å². The first-order valence-corrected chi connectivity index (χ1v) is 11.4. The second kappa shape index (κ2) is 11.4. The molecule has 1 amide bonds. The summed E-state index contributed by atoms with van der Waals surface area (Å²) in [5.41, 5.74) is 1.09. The molecule has 34 heavy (non-hydrogen) atoms. The van der Waals surface area contributed by atoms with E-state index in [0.717, 1.165) is 49.5 Å². The molecule has 8 nitrogen and oxygen atoms in total. The molecule has 8 heteroatoms. The minimum Gasteiger partial charge on any atom is -0.493 e. The summed E-state index contributed by atoms with van der Waals surface area (Å²) in [6.07, 6.45) is 3.80. The normalized spacial score (nSPS) is 13.9. The van der Waals surface area contributed by atoms with E-state index in [1.165, 1.54) is 6.33 Å². The first-order valence-electron chi connectivity index (χ1n) is 11.4. The summed E-state index contributed by atoms with van der Waals surface area (Å²) < 4.78 is 16.4. The number of benzene rings is 2. The number of aromatic nitrogens is 2. The summed E-state index contributed by atoms with van der Waals surface area (Å²) in [4.78, 5) is 23.5. The van der Waals surface area contributed by atoms with E-state index in [2.05, 4.69) is 20.2 Å². The van der Waals surface area contributed by atoms with Crippen molar-refractivity contribution in [2.24, 2.45) is 5.92 Å². The molecular formula is C26H30N4O4. The van der Waals surface area contributed by atoms with Crippen LogP contribution in [0.4, 0.5) is 5.82 Å². The molecule has 1 aliphatic heterocycles. The average molecular weight is 463 g/mol. The molecule has 1 aliphatic rings. The van der Waals surface area contributed by atoms with Gasteiger partial charge in [-0.2, -0.15) is 0 Å². The van der Waals surface area contributed by atoms with Gasteiger partial charge in [0.1, 0.15) is 17.9 Å². The summed E-state index contributed by atoms with van der Waals surface area (Å²) in [5.74, 6) is 3.56. The summed E-state index contributed by atoms with van der Waals surface area (Å²) in [6, 6.07) is 17.2. The maximum absolute atomic E-state index is 12.7. The van der Waals surface area contributed by atoms with Gasteiger partial charge in [-0.25, -0.2) is 9.97 Å². The number of methoxy groups -OCH3 is 2. The van der Waals surface area contributed by atoms with Gasteiger partial charge in [0.25, 0.3) is 0 Å². The van der Waals surface area contributed by atoms with Gasteiger partial charge in [0.2, 0.25) is 11.8 Å². The van der Waals surface area contributed by atoms with Gasteiger partial charge in [-0.1, -0.05) is 24.3 Å². The number of carbonyl (C=O) groups excluding carboxylic acids is 1. The quantitative estimate of drug-likeness (QED) is 0.517. The summed E-state index contributed by atoms with van der Waals surface area (Å²) >= 11 is 0. The molecule has 2 aromatic carbocycles. The van der Waals surface area contributed by atoms with E-state index in [9.17, 15) is 4.79 Å². The van der Waals surface area contributed by atoms with Crippen molar-refractivity contribution < 1.29 is 19.0 Å². The molecule has 1 N–H and O–H groups in total. The molecule has 0 bridgehead atoms. The van der Waals surface area contributed by atoms with E-state index in [-0.39, 0.29) is 11.8 Å². The smallest absolute Gasteiger partial charge is 0.224 e. The Hall–Kier alpha value is -3.81. The van der Waals surface area contributed by atoms with Crippen molar-refractivity contribution in [2.75, 3.05) is 38.8 Å². The minimum atomic E-state index is 0.00327. The Morgan fingerprint density at radius 1 is 1.00 bits per heavy atom.